The number of aromatic nitrogens is 2. The van der Waals surface area contributed by atoms with Crippen LogP contribution in [0.15, 0.2) is 12.4 Å². The van der Waals surface area contributed by atoms with Crippen molar-refractivity contribution in [1.82, 2.24) is 15.3 Å². The van der Waals surface area contributed by atoms with Crippen LogP contribution in [0.5, 0.6) is 5.88 Å². The van der Waals surface area contributed by atoms with Crippen LogP contribution in [-0.4, -0.2) is 30.7 Å². The maximum absolute atomic E-state index is 5.22. The molecule has 0 aliphatic heterocycles. The monoisotopic (exact) mass is 209 g/mol. The lowest BCUT2D eigenvalue weighted by Gasteiger charge is -2.24. The highest BCUT2D eigenvalue weighted by atomic mass is 16.5. The van der Waals surface area contributed by atoms with Gasteiger partial charge in [-0.15, -0.1) is 0 Å². The van der Waals surface area contributed by atoms with Crippen molar-refractivity contribution in [1.29, 1.82) is 0 Å². The van der Waals surface area contributed by atoms with Gasteiger partial charge >= 0.3 is 0 Å². The van der Waals surface area contributed by atoms with Gasteiger partial charge in [-0.1, -0.05) is 13.8 Å². The minimum absolute atomic E-state index is 0.0252. The van der Waals surface area contributed by atoms with Crippen LogP contribution in [-0.2, 0) is 5.41 Å². The standard InChI is InChI=1S/C11H19N3O/c1-11(2,5-6-12-3)9-10(15-4)14-8-7-13-9/h7-8,12H,5-6H2,1-4H3. The lowest BCUT2D eigenvalue weighted by Crippen LogP contribution is -2.25. The molecule has 1 rings (SSSR count). The van der Waals surface area contributed by atoms with Crippen molar-refractivity contribution < 1.29 is 4.74 Å². The third kappa shape index (κ3) is 2.89. The molecule has 4 heteroatoms. The van der Waals surface area contributed by atoms with Gasteiger partial charge < -0.3 is 10.1 Å². The molecule has 0 radical (unpaired) electrons. The van der Waals surface area contributed by atoms with E-state index in [2.05, 4.69) is 29.1 Å². The van der Waals surface area contributed by atoms with E-state index in [0.29, 0.717) is 5.88 Å². The minimum Gasteiger partial charge on any atom is -0.480 e. The molecule has 1 aromatic rings. The number of rotatable bonds is 5. The first kappa shape index (κ1) is 11.9. The molecular weight excluding hydrogens is 190 g/mol. The van der Waals surface area contributed by atoms with E-state index in [4.69, 9.17) is 4.74 Å². The second kappa shape index (κ2) is 5.07. The van der Waals surface area contributed by atoms with E-state index in [1.165, 1.54) is 0 Å². The molecule has 0 aromatic carbocycles. The Morgan fingerprint density at radius 3 is 2.60 bits per heavy atom. The molecule has 0 amide bonds. The average molecular weight is 209 g/mol. The Kier molecular flexibility index (Phi) is 4.03. The van der Waals surface area contributed by atoms with E-state index in [1.807, 2.05) is 7.05 Å². The van der Waals surface area contributed by atoms with Crippen molar-refractivity contribution in [2.45, 2.75) is 25.7 Å². The van der Waals surface area contributed by atoms with E-state index in [1.54, 1.807) is 19.5 Å². The second-order valence-electron chi connectivity index (χ2n) is 4.15. The Morgan fingerprint density at radius 2 is 2.00 bits per heavy atom. The Balaban J connectivity index is 2.92. The van der Waals surface area contributed by atoms with Gasteiger partial charge in [0.25, 0.3) is 0 Å². The summed E-state index contributed by atoms with van der Waals surface area (Å²) in [7, 11) is 3.58. The molecule has 0 unspecified atom stereocenters. The van der Waals surface area contributed by atoms with E-state index in [9.17, 15) is 0 Å². The number of ether oxygens (including phenoxy) is 1. The summed E-state index contributed by atoms with van der Waals surface area (Å²) in [5, 5.41) is 3.14. The molecular formula is C11H19N3O. The summed E-state index contributed by atoms with van der Waals surface area (Å²) < 4.78 is 5.22. The van der Waals surface area contributed by atoms with Crippen molar-refractivity contribution in [2.24, 2.45) is 0 Å². The highest BCUT2D eigenvalue weighted by molar-refractivity contribution is 5.25. The maximum Gasteiger partial charge on any atom is 0.235 e. The van der Waals surface area contributed by atoms with E-state index < -0.39 is 0 Å². The first-order chi connectivity index (χ1) is 7.11. The maximum atomic E-state index is 5.22. The Bertz CT molecular complexity index is 312. The summed E-state index contributed by atoms with van der Waals surface area (Å²) in [5.41, 5.74) is 0.894. The molecule has 0 bridgehead atoms. The Hall–Kier alpha value is -1.16. The SMILES string of the molecule is CNCCC(C)(C)c1nccnc1OC. The number of hydrogen-bond acceptors (Lipinski definition) is 4. The fraction of sp³-hybridized carbons (Fsp3) is 0.636. The van der Waals surface area contributed by atoms with Crippen LogP contribution in [0.2, 0.25) is 0 Å². The molecule has 4 nitrogen and oxygen atoms in total. The molecule has 1 N–H and O–H groups in total. The van der Waals surface area contributed by atoms with E-state index in [0.717, 1.165) is 18.7 Å². The van der Waals surface area contributed by atoms with Gasteiger partial charge in [0.05, 0.1) is 7.11 Å². The quantitative estimate of drug-likeness (QED) is 0.795. The molecule has 0 atom stereocenters. The third-order valence-electron chi connectivity index (χ3n) is 2.50. The van der Waals surface area contributed by atoms with Crippen LogP contribution in [0.25, 0.3) is 0 Å². The third-order valence-corrected chi connectivity index (χ3v) is 2.50. The summed E-state index contributed by atoms with van der Waals surface area (Å²) in [4.78, 5) is 8.53. The lowest BCUT2D eigenvalue weighted by atomic mass is 9.85. The first-order valence-corrected chi connectivity index (χ1v) is 5.12. The van der Waals surface area contributed by atoms with Gasteiger partial charge in [0.15, 0.2) is 0 Å². The molecule has 15 heavy (non-hydrogen) atoms. The molecule has 1 aromatic heterocycles. The van der Waals surface area contributed by atoms with Gasteiger partial charge in [-0.05, 0) is 20.0 Å². The van der Waals surface area contributed by atoms with Crippen molar-refractivity contribution >= 4 is 0 Å². The highest BCUT2D eigenvalue weighted by Crippen LogP contribution is 2.30. The number of methoxy groups -OCH3 is 1. The zero-order valence-electron chi connectivity index (χ0n) is 9.87. The van der Waals surface area contributed by atoms with Crippen LogP contribution >= 0.6 is 0 Å². The molecule has 0 fully saturated rings. The topological polar surface area (TPSA) is 47.0 Å². The van der Waals surface area contributed by atoms with Crippen molar-refractivity contribution in [3.8, 4) is 5.88 Å². The normalized spacial score (nSPS) is 11.5. The number of nitrogens with zero attached hydrogens (tertiary/aromatic N) is 2. The van der Waals surface area contributed by atoms with E-state index >= 15 is 0 Å². The first-order valence-electron chi connectivity index (χ1n) is 5.12. The summed E-state index contributed by atoms with van der Waals surface area (Å²) >= 11 is 0. The number of hydrogen-bond donors (Lipinski definition) is 1. The summed E-state index contributed by atoms with van der Waals surface area (Å²) in [6.07, 6.45) is 4.36. The van der Waals surface area contributed by atoms with Gasteiger partial charge in [0, 0.05) is 17.8 Å². The second-order valence-corrected chi connectivity index (χ2v) is 4.15. The van der Waals surface area contributed by atoms with Gasteiger partial charge in [-0.25, -0.2) is 4.98 Å². The van der Waals surface area contributed by atoms with Crippen LogP contribution < -0.4 is 10.1 Å². The fourth-order valence-corrected chi connectivity index (χ4v) is 1.49. The average Bonchev–Trinajstić information content (AvgIpc) is 2.26. The molecule has 0 aliphatic carbocycles. The van der Waals surface area contributed by atoms with Gasteiger partial charge in [0.2, 0.25) is 5.88 Å². The summed E-state index contributed by atoms with van der Waals surface area (Å²) in [5.74, 6) is 0.624. The molecule has 0 saturated heterocycles. The largest absolute Gasteiger partial charge is 0.480 e. The predicted octanol–water partition coefficient (Wildman–Crippen LogP) is 1.37. The van der Waals surface area contributed by atoms with Crippen molar-refractivity contribution in [2.75, 3.05) is 20.7 Å². The van der Waals surface area contributed by atoms with E-state index in [-0.39, 0.29) is 5.41 Å². The van der Waals surface area contributed by atoms with Gasteiger partial charge in [-0.2, -0.15) is 0 Å². The summed E-state index contributed by atoms with van der Waals surface area (Å²) in [6, 6.07) is 0. The zero-order valence-corrected chi connectivity index (χ0v) is 9.87. The van der Waals surface area contributed by atoms with Crippen LogP contribution in [0.4, 0.5) is 0 Å². The smallest absolute Gasteiger partial charge is 0.235 e. The van der Waals surface area contributed by atoms with Crippen LogP contribution in [0.3, 0.4) is 0 Å². The van der Waals surface area contributed by atoms with Gasteiger partial charge in [-0.3, -0.25) is 4.98 Å². The molecule has 0 saturated carbocycles. The molecule has 0 spiro atoms. The highest BCUT2D eigenvalue weighted by Gasteiger charge is 2.26. The minimum atomic E-state index is -0.0252. The van der Waals surface area contributed by atoms with Crippen molar-refractivity contribution in [3.05, 3.63) is 18.1 Å². The Labute approximate surface area is 91.1 Å². The molecule has 1 heterocycles. The Morgan fingerprint density at radius 1 is 1.33 bits per heavy atom. The van der Waals surface area contributed by atoms with Crippen LogP contribution in [0.1, 0.15) is 26.0 Å². The lowest BCUT2D eigenvalue weighted by molar-refractivity contribution is 0.361. The van der Waals surface area contributed by atoms with Crippen molar-refractivity contribution in [3.63, 3.8) is 0 Å². The predicted molar refractivity (Wildman–Crippen MR) is 60.2 cm³/mol. The molecule has 0 aliphatic rings. The molecule has 84 valence electrons. The number of nitrogens with one attached hydrogen (secondary N) is 1. The fourth-order valence-electron chi connectivity index (χ4n) is 1.49. The zero-order chi connectivity index (χ0) is 11.3. The van der Waals surface area contributed by atoms with Crippen LogP contribution in [0, 0.1) is 0 Å². The van der Waals surface area contributed by atoms with Gasteiger partial charge in [0.1, 0.15) is 5.69 Å². The summed E-state index contributed by atoms with van der Waals surface area (Å²) in [6.45, 7) is 5.25.